The molecule has 0 heterocycles. The summed E-state index contributed by atoms with van der Waals surface area (Å²) in [7, 11) is 0. The lowest BCUT2D eigenvalue weighted by atomic mass is 10.1. The number of anilines is 1. The van der Waals surface area contributed by atoms with Crippen molar-refractivity contribution in [3.63, 3.8) is 0 Å². The third-order valence-corrected chi connectivity index (χ3v) is 2.89. The molecule has 0 saturated carbocycles. The first kappa shape index (κ1) is 12.7. The van der Waals surface area contributed by atoms with Crippen LogP contribution in [0.2, 0.25) is 5.02 Å². The summed E-state index contributed by atoms with van der Waals surface area (Å²) in [6.07, 6.45) is 0. The van der Waals surface area contributed by atoms with Gasteiger partial charge in [0.25, 0.3) is 0 Å². The van der Waals surface area contributed by atoms with Gasteiger partial charge in [0, 0.05) is 22.3 Å². The first-order chi connectivity index (χ1) is 8.56. The molecule has 0 bridgehead atoms. The Morgan fingerprint density at radius 2 is 2.00 bits per heavy atom. The summed E-state index contributed by atoms with van der Waals surface area (Å²) in [5, 5.41) is 12.9. The highest BCUT2D eigenvalue weighted by Gasteiger charge is 2.11. The second-order valence-electron chi connectivity index (χ2n) is 4.08. The molecule has 0 aliphatic heterocycles. The summed E-state index contributed by atoms with van der Waals surface area (Å²) in [5.41, 5.74) is 1.32. The molecule has 2 N–H and O–H groups in total. The van der Waals surface area contributed by atoms with Crippen molar-refractivity contribution in [2.75, 3.05) is 5.32 Å². The Kier molecular flexibility index (Phi) is 3.72. The average Bonchev–Trinajstić information content (AvgIpc) is 2.28. The predicted molar refractivity (Wildman–Crippen MR) is 71.6 cm³/mol. The van der Waals surface area contributed by atoms with Crippen molar-refractivity contribution in [3.8, 4) is 5.75 Å². The largest absolute Gasteiger partial charge is 0.508 e. The van der Waals surface area contributed by atoms with E-state index in [1.165, 1.54) is 6.07 Å². The molecule has 1 atom stereocenters. The van der Waals surface area contributed by atoms with E-state index in [1.54, 1.807) is 18.2 Å². The molecule has 2 aromatic rings. The third-order valence-electron chi connectivity index (χ3n) is 2.66. The maximum Gasteiger partial charge on any atom is 0.132 e. The first-order valence-corrected chi connectivity index (χ1v) is 5.94. The van der Waals surface area contributed by atoms with Crippen LogP contribution < -0.4 is 5.32 Å². The zero-order chi connectivity index (χ0) is 13.1. The Bertz CT molecular complexity index is 559. The number of aromatic hydroxyl groups is 1. The first-order valence-electron chi connectivity index (χ1n) is 5.57. The van der Waals surface area contributed by atoms with Crippen LogP contribution in [0.15, 0.2) is 42.5 Å². The number of halogens is 2. The lowest BCUT2D eigenvalue weighted by molar-refractivity contribution is 0.467. The molecule has 2 rings (SSSR count). The Labute approximate surface area is 110 Å². The monoisotopic (exact) mass is 265 g/mol. The molecule has 0 aromatic heterocycles. The molecule has 2 aromatic carbocycles. The van der Waals surface area contributed by atoms with E-state index in [2.05, 4.69) is 5.32 Å². The van der Waals surface area contributed by atoms with Crippen molar-refractivity contribution in [1.29, 1.82) is 0 Å². The molecule has 0 aliphatic carbocycles. The van der Waals surface area contributed by atoms with E-state index < -0.39 is 5.82 Å². The van der Waals surface area contributed by atoms with Gasteiger partial charge >= 0.3 is 0 Å². The fourth-order valence-corrected chi connectivity index (χ4v) is 1.96. The zero-order valence-electron chi connectivity index (χ0n) is 9.82. The van der Waals surface area contributed by atoms with Crippen molar-refractivity contribution in [2.45, 2.75) is 13.0 Å². The highest BCUT2D eigenvalue weighted by atomic mass is 35.5. The molecule has 0 radical (unpaired) electrons. The molecule has 0 spiro atoms. The van der Waals surface area contributed by atoms with Gasteiger partial charge < -0.3 is 10.4 Å². The number of hydrogen-bond donors (Lipinski definition) is 2. The van der Waals surface area contributed by atoms with E-state index in [0.717, 1.165) is 11.8 Å². The Hall–Kier alpha value is -1.74. The standard InChI is InChI=1S/C14H13ClFNO/c1-9(13-6-5-12(18)8-14(13)16)17-11-4-2-3-10(15)7-11/h2-9,17-18H,1H3. The van der Waals surface area contributed by atoms with E-state index in [9.17, 15) is 4.39 Å². The van der Waals surface area contributed by atoms with Crippen LogP contribution in [-0.4, -0.2) is 5.11 Å². The van der Waals surface area contributed by atoms with Crippen molar-refractivity contribution in [1.82, 2.24) is 0 Å². The van der Waals surface area contributed by atoms with Gasteiger partial charge in [-0.1, -0.05) is 23.7 Å². The van der Waals surface area contributed by atoms with Gasteiger partial charge in [-0.3, -0.25) is 0 Å². The minimum Gasteiger partial charge on any atom is -0.508 e. The normalized spacial score (nSPS) is 12.2. The highest BCUT2D eigenvalue weighted by Crippen LogP contribution is 2.25. The average molecular weight is 266 g/mol. The van der Waals surface area contributed by atoms with Crippen molar-refractivity contribution >= 4 is 17.3 Å². The molecule has 94 valence electrons. The second kappa shape index (κ2) is 5.27. The predicted octanol–water partition coefficient (Wildman–Crippen LogP) is 4.36. The van der Waals surface area contributed by atoms with Gasteiger partial charge in [0.05, 0.1) is 6.04 Å². The van der Waals surface area contributed by atoms with Crippen LogP contribution in [0, 0.1) is 5.82 Å². The Balaban J connectivity index is 2.19. The van der Waals surface area contributed by atoms with Crippen LogP contribution in [-0.2, 0) is 0 Å². The maximum atomic E-state index is 13.7. The van der Waals surface area contributed by atoms with Crippen LogP contribution in [0.4, 0.5) is 10.1 Å². The van der Waals surface area contributed by atoms with Gasteiger partial charge in [-0.05, 0) is 31.2 Å². The molecule has 0 saturated heterocycles. The van der Waals surface area contributed by atoms with Crippen LogP contribution in [0.5, 0.6) is 5.75 Å². The molecule has 2 nitrogen and oxygen atoms in total. The van der Waals surface area contributed by atoms with Gasteiger partial charge in [-0.15, -0.1) is 0 Å². The molecule has 4 heteroatoms. The quantitative estimate of drug-likeness (QED) is 0.864. The lowest BCUT2D eigenvalue weighted by Gasteiger charge is -2.16. The van der Waals surface area contributed by atoms with Gasteiger partial charge in [-0.25, -0.2) is 4.39 Å². The Morgan fingerprint density at radius 3 is 2.67 bits per heavy atom. The van der Waals surface area contributed by atoms with Crippen LogP contribution in [0.25, 0.3) is 0 Å². The summed E-state index contributed by atoms with van der Waals surface area (Å²) in [6, 6.07) is 11.1. The van der Waals surface area contributed by atoms with E-state index in [0.29, 0.717) is 10.6 Å². The number of benzene rings is 2. The number of phenols is 1. The minimum absolute atomic E-state index is 0.0776. The van der Waals surface area contributed by atoms with E-state index in [1.807, 2.05) is 19.1 Å². The fraction of sp³-hybridized carbons (Fsp3) is 0.143. The van der Waals surface area contributed by atoms with Crippen LogP contribution in [0.3, 0.4) is 0 Å². The van der Waals surface area contributed by atoms with E-state index >= 15 is 0 Å². The van der Waals surface area contributed by atoms with Gasteiger partial charge in [0.15, 0.2) is 0 Å². The Morgan fingerprint density at radius 1 is 1.22 bits per heavy atom. The third kappa shape index (κ3) is 2.93. The number of phenolic OH excluding ortho intramolecular Hbond substituents is 1. The highest BCUT2D eigenvalue weighted by molar-refractivity contribution is 6.30. The van der Waals surface area contributed by atoms with E-state index in [4.69, 9.17) is 16.7 Å². The molecular formula is C14H13ClFNO. The van der Waals surface area contributed by atoms with Crippen molar-refractivity contribution < 1.29 is 9.50 Å². The molecular weight excluding hydrogens is 253 g/mol. The summed E-state index contributed by atoms with van der Waals surface area (Å²) >= 11 is 5.88. The number of hydrogen-bond acceptors (Lipinski definition) is 2. The molecule has 0 aliphatic rings. The zero-order valence-corrected chi connectivity index (χ0v) is 10.6. The molecule has 0 fully saturated rings. The minimum atomic E-state index is -0.433. The summed E-state index contributed by atoms with van der Waals surface area (Å²) in [5.74, 6) is -0.511. The lowest BCUT2D eigenvalue weighted by Crippen LogP contribution is -2.08. The van der Waals surface area contributed by atoms with Crippen molar-refractivity contribution in [3.05, 3.63) is 58.9 Å². The van der Waals surface area contributed by atoms with Gasteiger partial charge in [0.1, 0.15) is 11.6 Å². The topological polar surface area (TPSA) is 32.3 Å². The molecule has 1 unspecified atom stereocenters. The van der Waals surface area contributed by atoms with Crippen LogP contribution in [0.1, 0.15) is 18.5 Å². The fourth-order valence-electron chi connectivity index (χ4n) is 1.77. The summed E-state index contributed by atoms with van der Waals surface area (Å²) in [4.78, 5) is 0. The van der Waals surface area contributed by atoms with E-state index in [-0.39, 0.29) is 11.8 Å². The molecule has 0 amide bonds. The SMILES string of the molecule is CC(Nc1cccc(Cl)c1)c1ccc(O)cc1F. The van der Waals surface area contributed by atoms with Crippen LogP contribution >= 0.6 is 11.6 Å². The maximum absolute atomic E-state index is 13.7. The number of nitrogens with one attached hydrogen (secondary N) is 1. The second-order valence-corrected chi connectivity index (χ2v) is 4.52. The summed E-state index contributed by atoms with van der Waals surface area (Å²) in [6.45, 7) is 1.84. The van der Waals surface area contributed by atoms with Gasteiger partial charge in [0.2, 0.25) is 0 Å². The number of rotatable bonds is 3. The summed E-state index contributed by atoms with van der Waals surface area (Å²) < 4.78 is 13.7. The van der Waals surface area contributed by atoms with Gasteiger partial charge in [-0.2, -0.15) is 0 Å². The smallest absolute Gasteiger partial charge is 0.132 e. The van der Waals surface area contributed by atoms with Crippen molar-refractivity contribution in [2.24, 2.45) is 0 Å². The molecule has 18 heavy (non-hydrogen) atoms.